The van der Waals surface area contributed by atoms with Crippen molar-refractivity contribution in [3.8, 4) is 11.4 Å². The highest BCUT2D eigenvalue weighted by Crippen LogP contribution is 2.14. The van der Waals surface area contributed by atoms with Crippen LogP contribution in [-0.2, 0) is 6.54 Å². The van der Waals surface area contributed by atoms with Crippen LogP contribution >= 0.6 is 11.3 Å². The first-order valence-corrected chi connectivity index (χ1v) is 6.75. The fourth-order valence-electron chi connectivity index (χ4n) is 1.60. The first kappa shape index (κ1) is 12.5. The van der Waals surface area contributed by atoms with E-state index >= 15 is 0 Å². The molecule has 1 N–H and O–H groups in total. The first-order chi connectivity index (χ1) is 9.83. The van der Waals surface area contributed by atoms with Gasteiger partial charge >= 0.3 is 0 Å². The van der Waals surface area contributed by atoms with Crippen LogP contribution in [-0.4, -0.2) is 21.0 Å². The minimum atomic E-state index is -0.149. The predicted octanol–water partition coefficient (Wildman–Crippen LogP) is 2.12. The van der Waals surface area contributed by atoms with Crippen LogP contribution in [0, 0.1) is 0 Å². The summed E-state index contributed by atoms with van der Waals surface area (Å²) in [6.45, 7) is 0.203. The van der Waals surface area contributed by atoms with Crippen molar-refractivity contribution in [2.24, 2.45) is 0 Å². The second-order valence-electron chi connectivity index (χ2n) is 3.91. The number of carbonyl (C=O) groups is 1. The van der Waals surface area contributed by atoms with Gasteiger partial charge in [-0.1, -0.05) is 11.2 Å². The van der Waals surface area contributed by atoms with Gasteiger partial charge in [0.2, 0.25) is 11.7 Å². The molecule has 0 aliphatic heterocycles. The molecule has 0 radical (unpaired) electrons. The van der Waals surface area contributed by atoms with Crippen LogP contribution in [0.1, 0.15) is 15.6 Å². The standard InChI is InChI=1S/C13H10N4O2S/c18-13(10-2-1-7-20-10)15-8-11-16-12(17-19-11)9-3-5-14-6-4-9/h1-7H,8H2,(H,15,18). The third-order valence-corrected chi connectivity index (χ3v) is 3.42. The zero-order valence-corrected chi connectivity index (χ0v) is 11.1. The number of carbonyl (C=O) groups excluding carboxylic acids is 1. The largest absolute Gasteiger partial charge is 0.342 e. The zero-order chi connectivity index (χ0) is 13.8. The molecule has 100 valence electrons. The lowest BCUT2D eigenvalue weighted by atomic mass is 10.2. The smallest absolute Gasteiger partial charge is 0.261 e. The van der Waals surface area contributed by atoms with E-state index < -0.39 is 0 Å². The van der Waals surface area contributed by atoms with Crippen molar-refractivity contribution in [2.75, 3.05) is 0 Å². The van der Waals surface area contributed by atoms with E-state index in [0.29, 0.717) is 16.6 Å². The Balaban J connectivity index is 1.65. The van der Waals surface area contributed by atoms with E-state index in [1.807, 2.05) is 11.4 Å². The predicted molar refractivity (Wildman–Crippen MR) is 73.0 cm³/mol. The summed E-state index contributed by atoms with van der Waals surface area (Å²) in [5, 5.41) is 8.44. The van der Waals surface area contributed by atoms with Crippen LogP contribution < -0.4 is 5.32 Å². The molecule has 0 fully saturated rings. The van der Waals surface area contributed by atoms with Gasteiger partial charge in [0.05, 0.1) is 11.4 Å². The fraction of sp³-hybridized carbons (Fsp3) is 0.0769. The summed E-state index contributed by atoms with van der Waals surface area (Å²) < 4.78 is 5.09. The maximum Gasteiger partial charge on any atom is 0.261 e. The molecule has 7 heteroatoms. The summed E-state index contributed by atoms with van der Waals surface area (Å²) in [6, 6.07) is 7.17. The van der Waals surface area contributed by atoms with E-state index in [9.17, 15) is 4.79 Å². The van der Waals surface area contributed by atoms with E-state index in [-0.39, 0.29) is 12.5 Å². The first-order valence-electron chi connectivity index (χ1n) is 5.87. The van der Waals surface area contributed by atoms with Crippen LogP contribution in [0.25, 0.3) is 11.4 Å². The van der Waals surface area contributed by atoms with Crippen LogP contribution in [0.15, 0.2) is 46.6 Å². The number of rotatable bonds is 4. The minimum absolute atomic E-state index is 0.149. The van der Waals surface area contributed by atoms with Crippen LogP contribution in [0.5, 0.6) is 0 Å². The molecule has 3 rings (SSSR count). The van der Waals surface area contributed by atoms with Crippen LogP contribution in [0.2, 0.25) is 0 Å². The molecule has 20 heavy (non-hydrogen) atoms. The maximum absolute atomic E-state index is 11.8. The maximum atomic E-state index is 11.8. The van der Waals surface area contributed by atoms with E-state index in [4.69, 9.17) is 4.52 Å². The summed E-state index contributed by atoms with van der Waals surface area (Å²) in [6.07, 6.45) is 3.31. The lowest BCUT2D eigenvalue weighted by molar-refractivity contribution is 0.0950. The highest BCUT2D eigenvalue weighted by atomic mass is 32.1. The number of thiophene rings is 1. The molecule has 0 aromatic carbocycles. The number of aromatic nitrogens is 3. The number of amides is 1. The molecular weight excluding hydrogens is 276 g/mol. The third kappa shape index (κ3) is 2.72. The lowest BCUT2D eigenvalue weighted by Crippen LogP contribution is -2.21. The Hall–Kier alpha value is -2.54. The average Bonchev–Trinajstić information content (AvgIpc) is 3.17. The molecule has 6 nitrogen and oxygen atoms in total. The number of pyridine rings is 1. The lowest BCUT2D eigenvalue weighted by Gasteiger charge is -1.98. The Morgan fingerprint density at radius 1 is 1.30 bits per heavy atom. The summed E-state index contributed by atoms with van der Waals surface area (Å²) in [5.74, 6) is 0.693. The second kappa shape index (κ2) is 5.62. The molecule has 3 aromatic rings. The third-order valence-electron chi connectivity index (χ3n) is 2.55. The Kier molecular flexibility index (Phi) is 3.51. The Morgan fingerprint density at radius 3 is 2.90 bits per heavy atom. The topological polar surface area (TPSA) is 80.9 Å². The van der Waals surface area contributed by atoms with Gasteiger partial charge in [-0.25, -0.2) is 0 Å². The minimum Gasteiger partial charge on any atom is -0.342 e. The Labute approximate surface area is 118 Å². The summed E-state index contributed by atoms with van der Waals surface area (Å²) in [4.78, 5) is 20.5. The molecule has 3 heterocycles. The fourth-order valence-corrected chi connectivity index (χ4v) is 2.24. The van der Waals surface area contributed by atoms with Crippen molar-refractivity contribution in [2.45, 2.75) is 6.54 Å². The van der Waals surface area contributed by atoms with Crippen molar-refractivity contribution in [3.63, 3.8) is 0 Å². The highest BCUT2D eigenvalue weighted by molar-refractivity contribution is 7.12. The summed E-state index contributed by atoms with van der Waals surface area (Å²) >= 11 is 1.38. The molecule has 3 aromatic heterocycles. The number of hydrogen-bond donors (Lipinski definition) is 1. The van der Waals surface area contributed by atoms with E-state index in [1.54, 1.807) is 30.6 Å². The normalized spacial score (nSPS) is 10.4. The van der Waals surface area contributed by atoms with Gasteiger partial charge in [-0.2, -0.15) is 4.98 Å². The molecule has 0 unspecified atom stereocenters. The molecule has 0 bridgehead atoms. The molecule has 0 saturated heterocycles. The van der Waals surface area contributed by atoms with Gasteiger partial charge in [-0.3, -0.25) is 9.78 Å². The van der Waals surface area contributed by atoms with Crippen molar-refractivity contribution in [1.82, 2.24) is 20.4 Å². The second-order valence-corrected chi connectivity index (χ2v) is 4.86. The van der Waals surface area contributed by atoms with Crippen molar-refractivity contribution in [3.05, 3.63) is 52.8 Å². The van der Waals surface area contributed by atoms with E-state index in [1.165, 1.54) is 11.3 Å². The highest BCUT2D eigenvalue weighted by Gasteiger charge is 2.11. The summed E-state index contributed by atoms with van der Waals surface area (Å²) in [7, 11) is 0. The molecule has 0 spiro atoms. The molecule has 1 amide bonds. The zero-order valence-electron chi connectivity index (χ0n) is 10.3. The monoisotopic (exact) mass is 286 g/mol. The average molecular weight is 286 g/mol. The van der Waals surface area contributed by atoms with E-state index in [2.05, 4.69) is 20.4 Å². The van der Waals surface area contributed by atoms with Gasteiger partial charge in [0.15, 0.2) is 0 Å². The van der Waals surface area contributed by atoms with Crippen molar-refractivity contribution in [1.29, 1.82) is 0 Å². The molecule has 0 aliphatic rings. The van der Waals surface area contributed by atoms with Gasteiger partial charge in [0, 0.05) is 18.0 Å². The molecule has 0 atom stereocenters. The molecule has 0 saturated carbocycles. The van der Waals surface area contributed by atoms with Crippen molar-refractivity contribution >= 4 is 17.2 Å². The van der Waals surface area contributed by atoms with Gasteiger partial charge in [0.25, 0.3) is 5.91 Å². The summed E-state index contributed by atoms with van der Waals surface area (Å²) in [5.41, 5.74) is 0.819. The van der Waals surface area contributed by atoms with Crippen LogP contribution in [0.4, 0.5) is 0 Å². The number of nitrogens with zero attached hydrogens (tertiary/aromatic N) is 3. The van der Waals surface area contributed by atoms with Gasteiger partial charge in [0.1, 0.15) is 0 Å². The van der Waals surface area contributed by atoms with Gasteiger partial charge < -0.3 is 9.84 Å². The Morgan fingerprint density at radius 2 is 2.15 bits per heavy atom. The Bertz CT molecular complexity index is 694. The van der Waals surface area contributed by atoms with Crippen LogP contribution in [0.3, 0.4) is 0 Å². The van der Waals surface area contributed by atoms with Gasteiger partial charge in [-0.15, -0.1) is 11.3 Å². The quantitative estimate of drug-likeness (QED) is 0.794. The SMILES string of the molecule is O=C(NCc1nc(-c2ccncc2)no1)c1cccs1. The molecule has 0 aliphatic carbocycles. The number of hydrogen-bond acceptors (Lipinski definition) is 6. The number of nitrogens with one attached hydrogen (secondary N) is 1. The van der Waals surface area contributed by atoms with Gasteiger partial charge in [-0.05, 0) is 23.6 Å². The molecular formula is C13H10N4O2S. The van der Waals surface area contributed by atoms with E-state index in [0.717, 1.165) is 5.56 Å². The van der Waals surface area contributed by atoms with Crippen molar-refractivity contribution < 1.29 is 9.32 Å².